The van der Waals surface area contributed by atoms with E-state index in [1.165, 1.54) is 5.56 Å². The van der Waals surface area contributed by atoms with Crippen molar-refractivity contribution in [3.8, 4) is 11.3 Å². The zero-order valence-electron chi connectivity index (χ0n) is 13.9. The molecule has 3 aromatic rings. The summed E-state index contributed by atoms with van der Waals surface area (Å²) in [7, 11) is 0. The molecule has 6 nitrogen and oxygen atoms in total. The van der Waals surface area contributed by atoms with E-state index < -0.39 is 0 Å². The van der Waals surface area contributed by atoms with Gasteiger partial charge in [0.2, 0.25) is 5.95 Å². The van der Waals surface area contributed by atoms with Gasteiger partial charge in [-0.2, -0.15) is 4.98 Å². The van der Waals surface area contributed by atoms with Gasteiger partial charge in [0, 0.05) is 43.7 Å². The third kappa shape index (κ3) is 4.99. The summed E-state index contributed by atoms with van der Waals surface area (Å²) in [4.78, 5) is 13.1. The SMILES string of the molecule is OCCCNc1nc(NCc2ccccc2)cc(-c2ccncc2)n1. The molecule has 0 bridgehead atoms. The van der Waals surface area contributed by atoms with Crippen LogP contribution in [0, 0.1) is 0 Å². The summed E-state index contributed by atoms with van der Waals surface area (Å²) in [5, 5.41) is 15.4. The van der Waals surface area contributed by atoms with Crippen LogP contribution in [-0.4, -0.2) is 33.2 Å². The van der Waals surface area contributed by atoms with E-state index in [0.717, 1.165) is 17.1 Å². The number of aromatic nitrogens is 3. The lowest BCUT2D eigenvalue weighted by atomic mass is 10.2. The van der Waals surface area contributed by atoms with Gasteiger partial charge in [0.1, 0.15) is 5.82 Å². The second kappa shape index (κ2) is 8.75. The fourth-order valence-electron chi connectivity index (χ4n) is 2.36. The molecule has 1 aromatic carbocycles. The minimum atomic E-state index is 0.135. The summed E-state index contributed by atoms with van der Waals surface area (Å²) in [5.74, 6) is 1.29. The molecule has 2 aromatic heterocycles. The van der Waals surface area contributed by atoms with Gasteiger partial charge < -0.3 is 15.7 Å². The highest BCUT2D eigenvalue weighted by molar-refractivity contribution is 5.63. The van der Waals surface area contributed by atoms with Gasteiger partial charge in [0.05, 0.1) is 5.69 Å². The summed E-state index contributed by atoms with van der Waals surface area (Å²) < 4.78 is 0. The lowest BCUT2D eigenvalue weighted by Gasteiger charge is -2.11. The molecule has 6 heteroatoms. The van der Waals surface area contributed by atoms with Crippen molar-refractivity contribution in [3.05, 3.63) is 66.5 Å². The summed E-state index contributed by atoms with van der Waals surface area (Å²) in [6, 6.07) is 15.9. The normalized spacial score (nSPS) is 10.4. The van der Waals surface area contributed by atoms with Crippen molar-refractivity contribution in [1.29, 1.82) is 0 Å². The zero-order chi connectivity index (χ0) is 17.3. The van der Waals surface area contributed by atoms with Crippen molar-refractivity contribution in [2.45, 2.75) is 13.0 Å². The van der Waals surface area contributed by atoms with Crippen molar-refractivity contribution in [2.24, 2.45) is 0 Å². The van der Waals surface area contributed by atoms with Crippen molar-refractivity contribution in [3.63, 3.8) is 0 Å². The largest absolute Gasteiger partial charge is 0.396 e. The molecule has 0 amide bonds. The quantitative estimate of drug-likeness (QED) is 0.549. The highest BCUT2D eigenvalue weighted by Gasteiger charge is 2.07. The number of aliphatic hydroxyl groups excluding tert-OH is 1. The van der Waals surface area contributed by atoms with Crippen LogP contribution in [0.15, 0.2) is 60.9 Å². The van der Waals surface area contributed by atoms with Crippen LogP contribution < -0.4 is 10.6 Å². The lowest BCUT2D eigenvalue weighted by molar-refractivity contribution is 0.292. The highest BCUT2D eigenvalue weighted by Crippen LogP contribution is 2.21. The maximum atomic E-state index is 8.94. The summed E-state index contributed by atoms with van der Waals surface area (Å²) in [6.45, 7) is 1.44. The Bertz CT molecular complexity index is 780. The van der Waals surface area contributed by atoms with Gasteiger partial charge in [-0.15, -0.1) is 0 Å². The Morgan fingerprint density at radius 2 is 1.72 bits per heavy atom. The van der Waals surface area contributed by atoms with E-state index in [1.807, 2.05) is 36.4 Å². The molecule has 0 saturated carbocycles. The molecular formula is C19H21N5O. The Hall–Kier alpha value is -2.99. The van der Waals surface area contributed by atoms with Gasteiger partial charge in [-0.1, -0.05) is 30.3 Å². The monoisotopic (exact) mass is 335 g/mol. The lowest BCUT2D eigenvalue weighted by Crippen LogP contribution is -2.10. The third-order valence-corrected chi connectivity index (χ3v) is 3.64. The van der Waals surface area contributed by atoms with Crippen molar-refractivity contribution >= 4 is 11.8 Å². The Morgan fingerprint density at radius 1 is 0.920 bits per heavy atom. The van der Waals surface area contributed by atoms with Crippen LogP contribution >= 0.6 is 0 Å². The van der Waals surface area contributed by atoms with Gasteiger partial charge >= 0.3 is 0 Å². The summed E-state index contributed by atoms with van der Waals surface area (Å²) in [6.07, 6.45) is 4.14. The van der Waals surface area contributed by atoms with Gasteiger partial charge in [-0.25, -0.2) is 4.98 Å². The van der Waals surface area contributed by atoms with Gasteiger partial charge in [-0.05, 0) is 24.1 Å². The van der Waals surface area contributed by atoms with E-state index in [-0.39, 0.29) is 6.61 Å². The molecule has 0 aliphatic carbocycles. The number of pyridine rings is 1. The van der Waals surface area contributed by atoms with E-state index in [9.17, 15) is 0 Å². The first-order valence-corrected chi connectivity index (χ1v) is 8.27. The van der Waals surface area contributed by atoms with Crippen LogP contribution in [0.1, 0.15) is 12.0 Å². The molecule has 0 unspecified atom stereocenters. The number of anilines is 2. The smallest absolute Gasteiger partial charge is 0.225 e. The minimum Gasteiger partial charge on any atom is -0.396 e. The number of aliphatic hydroxyl groups is 1. The molecule has 0 aliphatic rings. The summed E-state index contributed by atoms with van der Waals surface area (Å²) in [5.41, 5.74) is 2.98. The van der Waals surface area contributed by atoms with Gasteiger partial charge in [0.15, 0.2) is 0 Å². The fraction of sp³-hybridized carbons (Fsp3) is 0.211. The predicted molar refractivity (Wildman–Crippen MR) is 99.2 cm³/mol. The Morgan fingerprint density at radius 3 is 2.48 bits per heavy atom. The maximum Gasteiger partial charge on any atom is 0.225 e. The molecule has 0 spiro atoms. The molecule has 0 radical (unpaired) electrons. The highest BCUT2D eigenvalue weighted by atomic mass is 16.3. The first-order chi connectivity index (χ1) is 12.3. The van der Waals surface area contributed by atoms with Gasteiger partial charge in [0.25, 0.3) is 0 Å². The van der Waals surface area contributed by atoms with Crippen molar-refractivity contribution < 1.29 is 5.11 Å². The standard InChI is InChI=1S/C19H21N5O/c25-12-4-9-21-19-23-17(16-7-10-20-11-8-16)13-18(24-19)22-14-15-5-2-1-3-6-15/h1-3,5-8,10-11,13,25H,4,9,12,14H2,(H2,21,22,23,24). The van der Waals surface area contributed by atoms with Crippen LogP contribution in [0.25, 0.3) is 11.3 Å². The molecule has 0 fully saturated rings. The molecule has 0 atom stereocenters. The minimum absolute atomic E-state index is 0.135. The van der Waals surface area contributed by atoms with E-state index >= 15 is 0 Å². The van der Waals surface area contributed by atoms with Crippen molar-refractivity contribution in [2.75, 3.05) is 23.8 Å². The molecular weight excluding hydrogens is 314 g/mol. The third-order valence-electron chi connectivity index (χ3n) is 3.64. The average Bonchev–Trinajstić information content (AvgIpc) is 2.68. The topological polar surface area (TPSA) is 83.0 Å². The molecule has 2 heterocycles. The number of benzene rings is 1. The van der Waals surface area contributed by atoms with Gasteiger partial charge in [-0.3, -0.25) is 4.98 Å². The van der Waals surface area contributed by atoms with E-state index in [2.05, 4.69) is 37.7 Å². The van der Waals surface area contributed by atoms with Crippen LogP contribution in [-0.2, 0) is 6.54 Å². The first-order valence-electron chi connectivity index (χ1n) is 8.27. The van der Waals surface area contributed by atoms with Crippen LogP contribution in [0.5, 0.6) is 0 Å². The average molecular weight is 335 g/mol. The zero-order valence-corrected chi connectivity index (χ0v) is 13.9. The molecule has 25 heavy (non-hydrogen) atoms. The second-order valence-electron chi connectivity index (χ2n) is 5.54. The molecule has 128 valence electrons. The molecule has 0 aliphatic heterocycles. The van der Waals surface area contributed by atoms with E-state index in [1.54, 1.807) is 12.4 Å². The van der Waals surface area contributed by atoms with Crippen LogP contribution in [0.2, 0.25) is 0 Å². The number of hydrogen-bond donors (Lipinski definition) is 3. The molecule has 3 rings (SSSR count). The predicted octanol–water partition coefficient (Wildman–Crippen LogP) is 2.95. The van der Waals surface area contributed by atoms with Crippen LogP contribution in [0.4, 0.5) is 11.8 Å². The molecule has 0 saturated heterocycles. The number of nitrogens with one attached hydrogen (secondary N) is 2. The Kier molecular flexibility index (Phi) is 5.90. The van der Waals surface area contributed by atoms with E-state index in [4.69, 9.17) is 5.11 Å². The van der Waals surface area contributed by atoms with E-state index in [0.29, 0.717) is 25.5 Å². The number of rotatable bonds is 8. The second-order valence-corrected chi connectivity index (χ2v) is 5.54. The number of nitrogens with zero attached hydrogens (tertiary/aromatic N) is 3. The number of hydrogen-bond acceptors (Lipinski definition) is 6. The van der Waals surface area contributed by atoms with Crippen molar-refractivity contribution in [1.82, 2.24) is 15.0 Å². The summed E-state index contributed by atoms with van der Waals surface area (Å²) >= 11 is 0. The first kappa shape index (κ1) is 16.9. The van der Waals surface area contributed by atoms with Crippen LogP contribution in [0.3, 0.4) is 0 Å². The Balaban J connectivity index is 1.81. The molecule has 3 N–H and O–H groups in total. The Labute approximate surface area is 147 Å². The maximum absolute atomic E-state index is 8.94. The fourth-order valence-corrected chi connectivity index (χ4v) is 2.36.